The lowest BCUT2D eigenvalue weighted by molar-refractivity contribution is -0.117. The summed E-state index contributed by atoms with van der Waals surface area (Å²) in [6.07, 6.45) is 1.77. The lowest BCUT2D eigenvalue weighted by Gasteiger charge is -2.29. The van der Waals surface area contributed by atoms with E-state index in [9.17, 15) is 4.79 Å². The van der Waals surface area contributed by atoms with Gasteiger partial charge in [-0.2, -0.15) is 4.98 Å². The van der Waals surface area contributed by atoms with Crippen molar-refractivity contribution >= 4 is 11.6 Å². The molecule has 0 unspecified atom stereocenters. The highest BCUT2D eigenvalue weighted by Crippen LogP contribution is 2.29. The Hall–Kier alpha value is -3.19. The van der Waals surface area contributed by atoms with Crippen LogP contribution >= 0.6 is 0 Å². The van der Waals surface area contributed by atoms with Crippen LogP contribution in [-0.2, 0) is 4.79 Å². The van der Waals surface area contributed by atoms with Crippen molar-refractivity contribution in [2.24, 2.45) is 0 Å². The molecule has 0 atom stereocenters. The van der Waals surface area contributed by atoms with Crippen molar-refractivity contribution in [3.63, 3.8) is 0 Å². The molecule has 1 saturated heterocycles. The van der Waals surface area contributed by atoms with Crippen molar-refractivity contribution in [3.05, 3.63) is 59.5 Å². The van der Waals surface area contributed by atoms with Gasteiger partial charge in [0.2, 0.25) is 17.6 Å². The monoisotopic (exact) mass is 420 g/mol. The number of likely N-dealkylation sites (tertiary alicyclic amines) is 1. The summed E-state index contributed by atoms with van der Waals surface area (Å²) in [5.74, 6) is 2.16. The third-order valence-electron chi connectivity index (χ3n) is 5.68. The molecule has 0 spiro atoms. The van der Waals surface area contributed by atoms with Gasteiger partial charge in [-0.1, -0.05) is 41.1 Å². The maximum atomic E-state index is 12.5. The molecule has 2 aromatic carbocycles. The Kier molecular flexibility index (Phi) is 6.32. The first kappa shape index (κ1) is 21.1. The van der Waals surface area contributed by atoms with Gasteiger partial charge in [-0.05, 0) is 57.5 Å². The normalized spacial score (nSPS) is 15.1. The number of methoxy groups -OCH3 is 1. The first-order valence-electron chi connectivity index (χ1n) is 10.6. The minimum atomic E-state index is -0.0400. The van der Waals surface area contributed by atoms with Crippen LogP contribution < -0.4 is 10.1 Å². The van der Waals surface area contributed by atoms with E-state index >= 15 is 0 Å². The van der Waals surface area contributed by atoms with Crippen molar-refractivity contribution in [2.75, 3.05) is 32.1 Å². The Morgan fingerprint density at radius 3 is 2.55 bits per heavy atom. The number of aryl methyl sites for hydroxylation is 2. The van der Waals surface area contributed by atoms with Crippen LogP contribution in [0, 0.1) is 13.8 Å². The molecule has 31 heavy (non-hydrogen) atoms. The van der Waals surface area contributed by atoms with Gasteiger partial charge in [0.25, 0.3) is 0 Å². The summed E-state index contributed by atoms with van der Waals surface area (Å²) in [5.41, 5.74) is 3.93. The second-order valence-corrected chi connectivity index (χ2v) is 8.12. The van der Waals surface area contributed by atoms with Crippen LogP contribution in [-0.4, -0.2) is 47.7 Å². The van der Waals surface area contributed by atoms with Crippen LogP contribution in [0.5, 0.6) is 5.75 Å². The lowest BCUT2D eigenvalue weighted by Crippen LogP contribution is -2.38. The molecule has 1 aliphatic heterocycles. The van der Waals surface area contributed by atoms with E-state index < -0.39 is 0 Å². The third kappa shape index (κ3) is 5.11. The largest absolute Gasteiger partial charge is 0.495 e. The number of piperidine rings is 1. The molecule has 0 radical (unpaired) electrons. The smallest absolute Gasteiger partial charge is 0.238 e. The molecule has 7 nitrogen and oxygen atoms in total. The number of hydrogen-bond acceptors (Lipinski definition) is 6. The fourth-order valence-corrected chi connectivity index (χ4v) is 3.87. The highest BCUT2D eigenvalue weighted by Gasteiger charge is 2.26. The van der Waals surface area contributed by atoms with Gasteiger partial charge in [0.15, 0.2) is 0 Å². The minimum Gasteiger partial charge on any atom is -0.495 e. The van der Waals surface area contributed by atoms with Crippen molar-refractivity contribution in [3.8, 4) is 17.1 Å². The lowest BCUT2D eigenvalue weighted by atomic mass is 9.97. The quantitative estimate of drug-likeness (QED) is 0.644. The molecule has 7 heteroatoms. The van der Waals surface area contributed by atoms with Crippen LogP contribution in [0.3, 0.4) is 0 Å². The second kappa shape index (κ2) is 9.31. The van der Waals surface area contributed by atoms with E-state index in [0.29, 0.717) is 29.7 Å². The van der Waals surface area contributed by atoms with Gasteiger partial charge in [-0.15, -0.1) is 0 Å². The van der Waals surface area contributed by atoms with E-state index in [0.717, 1.165) is 37.1 Å². The third-order valence-corrected chi connectivity index (χ3v) is 5.68. The number of ether oxygens (including phenoxy) is 1. The maximum Gasteiger partial charge on any atom is 0.238 e. The van der Waals surface area contributed by atoms with Crippen LogP contribution in [0.1, 0.15) is 35.8 Å². The number of carbonyl (C=O) groups excluding carboxylic acids is 1. The van der Waals surface area contributed by atoms with E-state index in [1.54, 1.807) is 7.11 Å². The average Bonchev–Trinajstić information content (AvgIpc) is 3.25. The van der Waals surface area contributed by atoms with E-state index in [-0.39, 0.29) is 11.8 Å². The average molecular weight is 421 g/mol. The van der Waals surface area contributed by atoms with Gasteiger partial charge >= 0.3 is 0 Å². The maximum absolute atomic E-state index is 12.5. The summed E-state index contributed by atoms with van der Waals surface area (Å²) in [5, 5.41) is 7.12. The molecule has 1 N–H and O–H groups in total. The molecule has 0 saturated carbocycles. The minimum absolute atomic E-state index is 0.0400. The summed E-state index contributed by atoms with van der Waals surface area (Å²) < 4.78 is 10.9. The molecule has 1 aliphatic rings. The Morgan fingerprint density at radius 1 is 1.13 bits per heavy atom. The van der Waals surface area contributed by atoms with Gasteiger partial charge in [0, 0.05) is 11.5 Å². The summed E-state index contributed by atoms with van der Waals surface area (Å²) in [7, 11) is 1.60. The van der Waals surface area contributed by atoms with Gasteiger partial charge in [0.1, 0.15) is 5.75 Å². The molecule has 0 bridgehead atoms. The molecule has 3 aromatic rings. The van der Waals surface area contributed by atoms with E-state index in [2.05, 4.69) is 27.3 Å². The number of rotatable bonds is 6. The Labute approximate surface area is 182 Å². The van der Waals surface area contributed by atoms with Gasteiger partial charge in [-0.25, -0.2) is 0 Å². The van der Waals surface area contributed by atoms with E-state index in [4.69, 9.17) is 9.26 Å². The molecule has 1 aromatic heterocycles. The number of nitrogens with zero attached hydrogens (tertiary/aromatic N) is 3. The molecule has 1 amide bonds. The zero-order valence-electron chi connectivity index (χ0n) is 18.2. The molecule has 2 heterocycles. The van der Waals surface area contributed by atoms with Gasteiger partial charge < -0.3 is 14.6 Å². The number of nitrogens with one attached hydrogen (secondary N) is 1. The molecular formula is C24H28N4O3. The van der Waals surface area contributed by atoms with Crippen molar-refractivity contribution < 1.29 is 14.1 Å². The summed E-state index contributed by atoms with van der Waals surface area (Å²) >= 11 is 0. The predicted octanol–water partition coefficient (Wildman–Crippen LogP) is 4.18. The number of anilines is 1. The summed E-state index contributed by atoms with van der Waals surface area (Å²) in [6.45, 7) is 6.01. The molecule has 0 aliphatic carbocycles. The zero-order valence-corrected chi connectivity index (χ0v) is 18.2. The van der Waals surface area contributed by atoms with Crippen LogP contribution in [0.25, 0.3) is 11.4 Å². The summed E-state index contributed by atoms with van der Waals surface area (Å²) in [4.78, 5) is 19.3. The van der Waals surface area contributed by atoms with Crippen molar-refractivity contribution in [2.45, 2.75) is 32.6 Å². The topological polar surface area (TPSA) is 80.5 Å². The Bertz CT molecular complexity index is 1040. The number of hydrogen-bond donors (Lipinski definition) is 1. The first-order valence-corrected chi connectivity index (χ1v) is 10.6. The molecule has 162 valence electrons. The van der Waals surface area contributed by atoms with E-state index in [1.807, 2.05) is 49.4 Å². The number of carbonyl (C=O) groups is 1. The fourth-order valence-electron chi connectivity index (χ4n) is 3.87. The standard InChI is InChI=1S/C24H28N4O3/c1-16-4-7-18(8-5-16)23-26-24(31-27-23)19-10-12-28(13-11-19)15-22(29)25-20-14-17(2)6-9-21(20)30-3/h4-9,14,19H,10-13,15H2,1-3H3,(H,25,29). The summed E-state index contributed by atoms with van der Waals surface area (Å²) in [6, 6.07) is 13.8. The fraction of sp³-hybridized carbons (Fsp3) is 0.375. The van der Waals surface area contributed by atoms with E-state index in [1.165, 1.54) is 5.56 Å². The molecule has 1 fully saturated rings. The molecule has 4 rings (SSSR count). The number of benzene rings is 2. The first-order chi connectivity index (χ1) is 15.0. The van der Waals surface area contributed by atoms with Gasteiger partial charge in [-0.3, -0.25) is 9.69 Å². The highest BCUT2D eigenvalue weighted by molar-refractivity contribution is 5.93. The predicted molar refractivity (Wildman–Crippen MR) is 119 cm³/mol. The SMILES string of the molecule is COc1ccc(C)cc1NC(=O)CN1CCC(c2nc(-c3ccc(C)cc3)no2)CC1. The van der Waals surface area contributed by atoms with Crippen molar-refractivity contribution in [1.82, 2.24) is 15.0 Å². The van der Waals surface area contributed by atoms with Crippen molar-refractivity contribution in [1.29, 1.82) is 0 Å². The van der Waals surface area contributed by atoms with Crippen LogP contribution in [0.15, 0.2) is 47.0 Å². The highest BCUT2D eigenvalue weighted by atomic mass is 16.5. The van der Waals surface area contributed by atoms with Crippen LogP contribution in [0.4, 0.5) is 5.69 Å². The van der Waals surface area contributed by atoms with Gasteiger partial charge in [0.05, 0.1) is 19.3 Å². The Balaban J connectivity index is 1.30. The zero-order chi connectivity index (χ0) is 21.8. The number of aromatic nitrogens is 2. The molecular weight excluding hydrogens is 392 g/mol. The van der Waals surface area contributed by atoms with Crippen LogP contribution in [0.2, 0.25) is 0 Å². The Morgan fingerprint density at radius 2 is 1.84 bits per heavy atom. The number of amides is 1. The second-order valence-electron chi connectivity index (χ2n) is 8.12.